The maximum atomic E-state index is 13.3. The molecule has 0 aliphatic carbocycles. The van der Waals surface area contributed by atoms with E-state index in [1.165, 1.54) is 23.8 Å². The molecule has 1 heterocycles. The van der Waals surface area contributed by atoms with Crippen LogP contribution in [0.25, 0.3) is 0 Å². The number of anilines is 1. The second kappa shape index (κ2) is 12.7. The van der Waals surface area contributed by atoms with Gasteiger partial charge < -0.3 is 20.1 Å². The zero-order valence-corrected chi connectivity index (χ0v) is 23.7. The third-order valence-electron chi connectivity index (χ3n) is 5.94. The Morgan fingerprint density at radius 1 is 1.11 bits per heavy atom. The van der Waals surface area contributed by atoms with E-state index < -0.39 is 40.7 Å². The molecule has 1 saturated heterocycles. The first kappa shape index (κ1) is 29.6. The second-order valence-corrected chi connectivity index (χ2v) is 11.4. The summed E-state index contributed by atoms with van der Waals surface area (Å²) in [6.07, 6.45) is -0.459. The van der Waals surface area contributed by atoms with Gasteiger partial charge in [-0.3, -0.25) is 14.5 Å². The molecule has 3 rings (SSSR count). The molecule has 0 aromatic heterocycles. The van der Waals surface area contributed by atoms with Gasteiger partial charge in [-0.1, -0.05) is 41.4 Å². The number of amides is 3. The smallest absolute Gasteiger partial charge is 0.411 e. The van der Waals surface area contributed by atoms with Crippen LogP contribution in [0.2, 0.25) is 10.0 Å². The molecular weight excluding hydrogens is 553 g/mol. The molecule has 1 fully saturated rings. The molecule has 38 heavy (non-hydrogen) atoms. The zero-order valence-electron chi connectivity index (χ0n) is 21.4. The van der Waals surface area contributed by atoms with Crippen molar-refractivity contribution in [3.05, 3.63) is 63.6 Å². The van der Waals surface area contributed by atoms with Crippen LogP contribution < -0.4 is 10.6 Å². The first-order valence-electron chi connectivity index (χ1n) is 11.8. The minimum atomic E-state index is -1.000. The highest BCUT2D eigenvalue weighted by atomic mass is 35.5. The molecule has 0 bridgehead atoms. The number of carbonyl (C=O) groups is 4. The minimum absolute atomic E-state index is 0.128. The van der Waals surface area contributed by atoms with E-state index in [1.54, 1.807) is 49.4 Å². The van der Waals surface area contributed by atoms with Crippen molar-refractivity contribution >= 4 is 64.5 Å². The molecule has 1 aliphatic heterocycles. The van der Waals surface area contributed by atoms with E-state index in [1.807, 2.05) is 13.8 Å². The first-order valence-corrected chi connectivity index (χ1v) is 13.5. The number of hydrogen-bond donors (Lipinski definition) is 2. The summed E-state index contributed by atoms with van der Waals surface area (Å²) >= 11 is 13.7. The minimum Gasteiger partial charge on any atom is -0.467 e. The van der Waals surface area contributed by atoms with Gasteiger partial charge in [0.05, 0.1) is 35.2 Å². The Bertz CT molecular complexity index is 1190. The number of halogens is 2. The van der Waals surface area contributed by atoms with Crippen molar-refractivity contribution in [2.75, 3.05) is 24.9 Å². The van der Waals surface area contributed by atoms with E-state index in [2.05, 4.69) is 10.6 Å². The van der Waals surface area contributed by atoms with E-state index in [-0.39, 0.29) is 28.6 Å². The number of thioether (sulfide) groups is 1. The quantitative estimate of drug-likeness (QED) is 0.432. The highest BCUT2D eigenvalue weighted by Gasteiger charge is 2.49. The molecular formula is C26H29Cl2N3O6S. The summed E-state index contributed by atoms with van der Waals surface area (Å²) in [4.78, 5) is 52.3. The fraction of sp³-hybridized carbons (Fsp3) is 0.385. The second-order valence-electron chi connectivity index (χ2n) is 8.98. The Morgan fingerprint density at radius 3 is 2.32 bits per heavy atom. The number of methoxy groups -OCH3 is 1. The number of nitrogens with zero attached hydrogens (tertiary/aromatic N) is 1. The van der Waals surface area contributed by atoms with Crippen molar-refractivity contribution < 1.29 is 28.7 Å². The van der Waals surface area contributed by atoms with Crippen LogP contribution in [-0.2, 0) is 25.5 Å². The van der Waals surface area contributed by atoms with Crippen molar-refractivity contribution in [1.82, 2.24) is 10.2 Å². The molecule has 0 saturated carbocycles. The Morgan fingerprint density at radius 2 is 1.74 bits per heavy atom. The molecule has 9 nitrogen and oxygen atoms in total. The highest BCUT2D eigenvalue weighted by molar-refractivity contribution is 8.00. The van der Waals surface area contributed by atoms with E-state index in [0.29, 0.717) is 17.1 Å². The normalized spacial score (nSPS) is 16.9. The summed E-state index contributed by atoms with van der Waals surface area (Å²) in [6.45, 7) is 5.59. The zero-order chi connectivity index (χ0) is 28.0. The van der Waals surface area contributed by atoms with E-state index in [9.17, 15) is 19.2 Å². The Labute approximate surface area is 235 Å². The van der Waals surface area contributed by atoms with Gasteiger partial charge >= 0.3 is 12.1 Å². The van der Waals surface area contributed by atoms with Crippen molar-refractivity contribution in [2.24, 2.45) is 0 Å². The number of carbonyl (C=O) groups excluding carboxylic acids is 4. The molecule has 12 heteroatoms. The average molecular weight is 583 g/mol. The number of hydrogen-bond acceptors (Lipinski definition) is 7. The van der Waals surface area contributed by atoms with Crippen molar-refractivity contribution in [3.63, 3.8) is 0 Å². The molecule has 204 valence electrons. The van der Waals surface area contributed by atoms with E-state index in [4.69, 9.17) is 32.7 Å². The van der Waals surface area contributed by atoms with Crippen LogP contribution in [0, 0.1) is 0 Å². The van der Waals surface area contributed by atoms with Gasteiger partial charge in [0.25, 0.3) is 5.91 Å². The highest BCUT2D eigenvalue weighted by Crippen LogP contribution is 2.39. The number of benzene rings is 2. The SMILES string of the molecule is CCOC(=O)N1CSC(C)(C)C1C(=O)NC(Cc1ccc(NC(=O)c2c(Cl)cccc2Cl)cc1)C(=O)OC. The third kappa shape index (κ3) is 6.92. The number of ether oxygens (including phenoxy) is 2. The standard InChI is InChI=1S/C26H29Cl2N3O6S/c1-5-37-25(35)31-14-38-26(2,3)21(31)23(33)30-19(24(34)36-4)13-15-9-11-16(12-10-15)29-22(32)20-17(27)7-6-8-18(20)28/h6-12,19,21H,5,13-14H2,1-4H3,(H,29,32)(H,30,33). The lowest BCUT2D eigenvalue weighted by atomic mass is 9.99. The maximum absolute atomic E-state index is 13.3. The molecule has 2 unspecified atom stereocenters. The van der Waals surface area contributed by atoms with Gasteiger partial charge in [-0.25, -0.2) is 9.59 Å². The molecule has 2 atom stereocenters. The molecule has 0 spiro atoms. The van der Waals surface area contributed by atoms with E-state index in [0.717, 1.165) is 0 Å². The fourth-order valence-electron chi connectivity index (χ4n) is 4.04. The van der Waals surface area contributed by atoms with Gasteiger partial charge in [-0.2, -0.15) is 0 Å². The Balaban J connectivity index is 1.72. The predicted octanol–water partition coefficient (Wildman–Crippen LogP) is 4.76. The lowest BCUT2D eigenvalue weighted by Gasteiger charge is -2.31. The molecule has 0 radical (unpaired) electrons. The number of esters is 1. The van der Waals surface area contributed by atoms with E-state index >= 15 is 0 Å². The molecule has 2 aromatic rings. The number of nitrogens with one attached hydrogen (secondary N) is 2. The maximum Gasteiger partial charge on any atom is 0.411 e. The summed E-state index contributed by atoms with van der Waals surface area (Å²) in [7, 11) is 1.24. The Hall–Kier alpha value is -2.95. The number of rotatable bonds is 8. The summed E-state index contributed by atoms with van der Waals surface area (Å²) in [5, 5.41) is 5.94. The molecule has 3 amide bonds. The lowest BCUT2D eigenvalue weighted by Crippen LogP contribution is -2.56. The monoisotopic (exact) mass is 581 g/mol. The van der Waals surface area contributed by atoms with Crippen molar-refractivity contribution in [2.45, 2.75) is 44.0 Å². The van der Waals surface area contributed by atoms with Crippen LogP contribution in [-0.4, -0.2) is 65.2 Å². The topological polar surface area (TPSA) is 114 Å². The van der Waals surface area contributed by atoms with Gasteiger partial charge in [0, 0.05) is 16.9 Å². The van der Waals surface area contributed by atoms with Crippen LogP contribution in [0.1, 0.15) is 36.7 Å². The molecule has 2 N–H and O–H groups in total. The summed E-state index contributed by atoms with van der Waals surface area (Å²) in [5.41, 5.74) is 1.36. The van der Waals surface area contributed by atoms with Crippen LogP contribution in [0.15, 0.2) is 42.5 Å². The van der Waals surface area contributed by atoms with Gasteiger partial charge in [0.2, 0.25) is 5.91 Å². The predicted molar refractivity (Wildman–Crippen MR) is 148 cm³/mol. The van der Waals surface area contributed by atoms with Gasteiger partial charge in [0.1, 0.15) is 12.1 Å². The third-order valence-corrected chi connectivity index (χ3v) is 7.94. The van der Waals surface area contributed by atoms with Gasteiger partial charge in [-0.15, -0.1) is 11.8 Å². The van der Waals surface area contributed by atoms with Crippen LogP contribution in [0.3, 0.4) is 0 Å². The summed E-state index contributed by atoms with van der Waals surface area (Å²) < 4.78 is 9.43. The average Bonchev–Trinajstić information content (AvgIpc) is 3.19. The molecule has 2 aromatic carbocycles. The first-order chi connectivity index (χ1) is 18.0. The molecule has 1 aliphatic rings. The van der Waals surface area contributed by atoms with Crippen LogP contribution >= 0.6 is 35.0 Å². The fourth-order valence-corrected chi connectivity index (χ4v) is 5.73. The van der Waals surface area contributed by atoms with Gasteiger partial charge in [0.15, 0.2) is 0 Å². The van der Waals surface area contributed by atoms with Crippen LogP contribution in [0.4, 0.5) is 10.5 Å². The summed E-state index contributed by atoms with van der Waals surface area (Å²) in [6, 6.07) is 9.70. The largest absolute Gasteiger partial charge is 0.467 e. The van der Waals surface area contributed by atoms with Gasteiger partial charge in [-0.05, 0) is 50.6 Å². The van der Waals surface area contributed by atoms with Crippen molar-refractivity contribution in [3.8, 4) is 0 Å². The van der Waals surface area contributed by atoms with Crippen molar-refractivity contribution in [1.29, 1.82) is 0 Å². The summed E-state index contributed by atoms with van der Waals surface area (Å²) in [5.74, 6) is -1.28. The van der Waals surface area contributed by atoms with Crippen LogP contribution in [0.5, 0.6) is 0 Å². The Kier molecular flexibility index (Phi) is 9.92. The lowest BCUT2D eigenvalue weighted by molar-refractivity contribution is -0.145.